The maximum Gasteiger partial charge on any atom is 0.247 e. The highest BCUT2D eigenvalue weighted by molar-refractivity contribution is 6.29. The molecule has 1 unspecified atom stereocenters. The maximum atomic E-state index is 12.3. The van der Waals surface area contributed by atoms with Gasteiger partial charge < -0.3 is 10.1 Å². The van der Waals surface area contributed by atoms with Gasteiger partial charge in [-0.25, -0.2) is 4.98 Å². The van der Waals surface area contributed by atoms with Crippen LogP contribution in [-0.2, 0) is 4.79 Å². The number of nitrogens with one attached hydrogen (secondary N) is 2. The molecule has 104 valence electrons. The molecule has 19 heavy (non-hydrogen) atoms. The van der Waals surface area contributed by atoms with Gasteiger partial charge in [0, 0.05) is 6.07 Å². The number of hydrogen-bond acceptors (Lipinski definition) is 5. The topological polar surface area (TPSA) is 76.1 Å². The van der Waals surface area contributed by atoms with Gasteiger partial charge in [-0.2, -0.15) is 4.98 Å². The number of aromatic nitrogens is 2. The van der Waals surface area contributed by atoms with Gasteiger partial charge in [0.1, 0.15) is 5.15 Å². The lowest BCUT2D eigenvalue weighted by molar-refractivity contribution is -0.122. The molecule has 0 bridgehead atoms. The highest BCUT2D eigenvalue weighted by atomic mass is 35.5. The Bertz CT molecular complexity index is 475. The molecule has 0 spiro atoms. The fraction of sp³-hybridized carbons (Fsp3) is 0.583. The summed E-state index contributed by atoms with van der Waals surface area (Å²) in [5.74, 6) is 0.355. The second-order valence-corrected chi connectivity index (χ2v) is 4.86. The number of amides is 1. The first-order valence-corrected chi connectivity index (χ1v) is 6.62. The Morgan fingerprint density at radius 3 is 3.00 bits per heavy atom. The summed E-state index contributed by atoms with van der Waals surface area (Å²) in [5, 5.41) is 6.18. The lowest BCUT2D eigenvalue weighted by atomic mass is 9.93. The fourth-order valence-electron chi connectivity index (χ4n) is 2.24. The Labute approximate surface area is 116 Å². The van der Waals surface area contributed by atoms with Crippen molar-refractivity contribution in [2.45, 2.75) is 31.7 Å². The van der Waals surface area contributed by atoms with Crippen LogP contribution in [0.5, 0.6) is 5.88 Å². The summed E-state index contributed by atoms with van der Waals surface area (Å²) >= 11 is 5.84. The Morgan fingerprint density at radius 2 is 2.42 bits per heavy atom. The van der Waals surface area contributed by atoms with Gasteiger partial charge in [-0.05, 0) is 25.8 Å². The number of nitrogens with zero attached hydrogens (tertiary/aromatic N) is 2. The number of halogens is 1. The van der Waals surface area contributed by atoms with E-state index in [1.165, 1.54) is 13.2 Å². The van der Waals surface area contributed by atoms with Crippen LogP contribution < -0.4 is 15.4 Å². The predicted octanol–water partition coefficient (Wildman–Crippen LogP) is 1.61. The number of carbonyl (C=O) groups is 1. The number of hydrogen-bond donors (Lipinski definition) is 2. The summed E-state index contributed by atoms with van der Waals surface area (Å²) < 4.78 is 4.99. The molecule has 0 radical (unpaired) electrons. The molecular formula is C12H17ClN4O2. The Kier molecular flexibility index (Phi) is 4.21. The van der Waals surface area contributed by atoms with Crippen LogP contribution in [0.25, 0.3) is 0 Å². The van der Waals surface area contributed by atoms with Crippen LogP contribution in [-0.4, -0.2) is 35.1 Å². The minimum absolute atomic E-state index is 0.128. The number of carbonyl (C=O) groups excluding carboxylic acids is 1. The van der Waals surface area contributed by atoms with Crippen molar-refractivity contribution in [2.24, 2.45) is 0 Å². The van der Waals surface area contributed by atoms with E-state index in [9.17, 15) is 4.79 Å². The van der Waals surface area contributed by atoms with Crippen molar-refractivity contribution in [1.29, 1.82) is 0 Å². The first-order valence-electron chi connectivity index (χ1n) is 6.25. The minimum Gasteiger partial charge on any atom is -0.481 e. The summed E-state index contributed by atoms with van der Waals surface area (Å²) in [6.07, 6.45) is 2.52. The molecule has 1 aliphatic rings. The van der Waals surface area contributed by atoms with Crippen LogP contribution in [0.2, 0.25) is 5.15 Å². The average molecular weight is 285 g/mol. The van der Waals surface area contributed by atoms with E-state index >= 15 is 0 Å². The van der Waals surface area contributed by atoms with E-state index in [-0.39, 0.29) is 17.0 Å². The van der Waals surface area contributed by atoms with Crippen molar-refractivity contribution < 1.29 is 9.53 Å². The van der Waals surface area contributed by atoms with Crippen molar-refractivity contribution in [1.82, 2.24) is 15.3 Å². The molecule has 1 amide bonds. The van der Waals surface area contributed by atoms with E-state index in [1.807, 2.05) is 6.92 Å². The van der Waals surface area contributed by atoms with Crippen LogP contribution in [0.3, 0.4) is 0 Å². The smallest absolute Gasteiger partial charge is 0.247 e. The zero-order valence-electron chi connectivity index (χ0n) is 11.0. The largest absolute Gasteiger partial charge is 0.481 e. The summed E-state index contributed by atoms with van der Waals surface area (Å²) in [6, 6.07) is 1.49. The van der Waals surface area contributed by atoms with Gasteiger partial charge in [0.2, 0.25) is 17.7 Å². The van der Waals surface area contributed by atoms with Crippen molar-refractivity contribution >= 4 is 23.5 Å². The van der Waals surface area contributed by atoms with E-state index in [4.69, 9.17) is 16.3 Å². The third kappa shape index (κ3) is 2.96. The standard InChI is InChI=1S/C12H17ClN4O2/c1-3-12(5-4-6-14-12)10(18)17-11-15-8(13)7-9(16-11)19-2/h7,14H,3-6H2,1-2H3,(H,15,16,17,18). The van der Waals surface area contributed by atoms with Crippen LogP contribution in [0, 0.1) is 0 Å². The van der Waals surface area contributed by atoms with Crippen LogP contribution in [0.1, 0.15) is 26.2 Å². The molecule has 0 aromatic carbocycles. The van der Waals surface area contributed by atoms with Crippen LogP contribution in [0.4, 0.5) is 5.95 Å². The lowest BCUT2D eigenvalue weighted by Gasteiger charge is -2.26. The first kappa shape index (κ1) is 14.0. The molecule has 7 heteroatoms. The fourth-order valence-corrected chi connectivity index (χ4v) is 2.41. The minimum atomic E-state index is -0.529. The molecule has 2 N–H and O–H groups in total. The van der Waals surface area contributed by atoms with Crippen LogP contribution >= 0.6 is 11.6 Å². The lowest BCUT2D eigenvalue weighted by Crippen LogP contribution is -2.50. The molecule has 2 rings (SSSR count). The SMILES string of the molecule is CCC1(C(=O)Nc2nc(Cl)cc(OC)n2)CCCN1. The zero-order valence-corrected chi connectivity index (χ0v) is 11.8. The molecule has 1 aliphatic heterocycles. The monoisotopic (exact) mass is 284 g/mol. The van der Waals surface area contributed by atoms with Crippen molar-refractivity contribution in [3.63, 3.8) is 0 Å². The van der Waals surface area contributed by atoms with Crippen molar-refractivity contribution in [2.75, 3.05) is 19.0 Å². The van der Waals surface area contributed by atoms with E-state index in [2.05, 4.69) is 20.6 Å². The van der Waals surface area contributed by atoms with Crippen molar-refractivity contribution in [3.05, 3.63) is 11.2 Å². The molecular weight excluding hydrogens is 268 g/mol. The molecule has 0 aliphatic carbocycles. The number of methoxy groups -OCH3 is 1. The van der Waals surface area contributed by atoms with E-state index in [1.54, 1.807) is 0 Å². The second-order valence-electron chi connectivity index (χ2n) is 4.48. The predicted molar refractivity (Wildman–Crippen MR) is 72.5 cm³/mol. The summed E-state index contributed by atoms with van der Waals surface area (Å²) in [6.45, 7) is 2.83. The van der Waals surface area contributed by atoms with Gasteiger partial charge in [-0.3, -0.25) is 10.1 Å². The summed E-state index contributed by atoms with van der Waals surface area (Å²) in [7, 11) is 1.48. The molecule has 1 saturated heterocycles. The number of anilines is 1. The summed E-state index contributed by atoms with van der Waals surface area (Å²) in [5.41, 5.74) is -0.529. The quantitative estimate of drug-likeness (QED) is 0.822. The van der Waals surface area contributed by atoms with Crippen molar-refractivity contribution in [3.8, 4) is 5.88 Å². The summed E-state index contributed by atoms with van der Waals surface area (Å²) in [4.78, 5) is 20.4. The Morgan fingerprint density at radius 1 is 1.63 bits per heavy atom. The van der Waals surface area contributed by atoms with E-state index < -0.39 is 5.54 Å². The van der Waals surface area contributed by atoms with Crippen LogP contribution in [0.15, 0.2) is 6.07 Å². The maximum absolute atomic E-state index is 12.3. The van der Waals surface area contributed by atoms with Gasteiger partial charge in [0.25, 0.3) is 0 Å². The van der Waals surface area contributed by atoms with Gasteiger partial charge in [0.15, 0.2) is 0 Å². The zero-order chi connectivity index (χ0) is 13.9. The second kappa shape index (κ2) is 5.71. The third-order valence-electron chi connectivity index (χ3n) is 3.39. The Hall–Kier alpha value is -1.40. The third-order valence-corrected chi connectivity index (χ3v) is 3.58. The molecule has 6 nitrogen and oxygen atoms in total. The first-order chi connectivity index (χ1) is 9.09. The van der Waals surface area contributed by atoms with Gasteiger partial charge >= 0.3 is 0 Å². The molecule has 1 aromatic heterocycles. The molecule has 2 heterocycles. The van der Waals surface area contributed by atoms with Gasteiger partial charge in [-0.1, -0.05) is 18.5 Å². The van der Waals surface area contributed by atoms with E-state index in [0.29, 0.717) is 5.88 Å². The number of ether oxygens (including phenoxy) is 1. The highest BCUT2D eigenvalue weighted by Gasteiger charge is 2.39. The normalized spacial score (nSPS) is 22.3. The highest BCUT2D eigenvalue weighted by Crippen LogP contribution is 2.25. The van der Waals surface area contributed by atoms with Gasteiger partial charge in [-0.15, -0.1) is 0 Å². The average Bonchev–Trinajstić information content (AvgIpc) is 2.88. The molecule has 0 saturated carbocycles. The van der Waals surface area contributed by atoms with Gasteiger partial charge in [0.05, 0.1) is 12.6 Å². The molecule has 1 aromatic rings. The number of rotatable bonds is 4. The molecule has 1 fully saturated rings. The Balaban J connectivity index is 2.16. The molecule has 1 atom stereocenters. The van der Waals surface area contributed by atoms with E-state index in [0.717, 1.165) is 25.8 Å².